The number of H-pyrrole nitrogens is 1. The Balaban J connectivity index is 2.41. The Morgan fingerprint density at radius 3 is 2.56 bits per heavy atom. The zero-order chi connectivity index (χ0) is 13.1. The summed E-state index contributed by atoms with van der Waals surface area (Å²) in [7, 11) is 0. The summed E-state index contributed by atoms with van der Waals surface area (Å²) >= 11 is 5.76. The fraction of sp³-hybridized carbons (Fsp3) is 0.0833. The van der Waals surface area contributed by atoms with Crippen LogP contribution in [-0.4, -0.2) is 9.55 Å². The standard InChI is InChI=1S/C12H8ClN3O2/c13-10-3-1-8(2-4-10)6-16-7-9(5-14)11(17)15-12(16)18/h1-4,7H,6H2,(H,15,17,18). The van der Waals surface area contributed by atoms with Crippen LogP contribution in [0.1, 0.15) is 11.1 Å². The SMILES string of the molecule is N#Cc1cn(Cc2ccc(Cl)cc2)c(=O)[nH]c1=O. The van der Waals surface area contributed by atoms with Gasteiger partial charge in [-0.1, -0.05) is 23.7 Å². The molecule has 0 radical (unpaired) electrons. The molecule has 5 nitrogen and oxygen atoms in total. The Labute approximate surface area is 107 Å². The van der Waals surface area contributed by atoms with Gasteiger partial charge in [0.15, 0.2) is 0 Å². The summed E-state index contributed by atoms with van der Waals surface area (Å²) in [4.78, 5) is 24.9. The number of nitrogens with zero attached hydrogens (tertiary/aromatic N) is 2. The van der Waals surface area contributed by atoms with Crippen molar-refractivity contribution in [2.75, 3.05) is 0 Å². The van der Waals surface area contributed by atoms with Crippen molar-refractivity contribution in [2.24, 2.45) is 0 Å². The Morgan fingerprint density at radius 2 is 1.94 bits per heavy atom. The molecule has 0 fully saturated rings. The summed E-state index contributed by atoms with van der Waals surface area (Å²) in [5, 5.41) is 9.34. The maximum Gasteiger partial charge on any atom is 0.328 e. The highest BCUT2D eigenvalue weighted by Crippen LogP contribution is 2.09. The normalized spacial score (nSPS) is 10.0. The fourth-order valence-electron chi connectivity index (χ4n) is 1.49. The van der Waals surface area contributed by atoms with Crippen molar-refractivity contribution in [1.29, 1.82) is 5.26 Å². The quantitative estimate of drug-likeness (QED) is 0.879. The first-order valence-electron chi connectivity index (χ1n) is 5.08. The summed E-state index contributed by atoms with van der Waals surface area (Å²) in [5.74, 6) is 0. The van der Waals surface area contributed by atoms with Gasteiger partial charge in [0.05, 0.1) is 6.54 Å². The van der Waals surface area contributed by atoms with Gasteiger partial charge in [0.2, 0.25) is 0 Å². The highest BCUT2D eigenvalue weighted by Gasteiger charge is 2.04. The van der Waals surface area contributed by atoms with Gasteiger partial charge in [0.25, 0.3) is 5.56 Å². The Hall–Kier alpha value is -2.32. The van der Waals surface area contributed by atoms with E-state index in [0.717, 1.165) is 5.56 Å². The molecule has 0 unspecified atom stereocenters. The molecule has 1 heterocycles. The van der Waals surface area contributed by atoms with E-state index in [2.05, 4.69) is 4.98 Å². The molecule has 0 bridgehead atoms. The summed E-state index contributed by atoms with van der Waals surface area (Å²) in [6, 6.07) is 8.69. The molecule has 0 amide bonds. The molecule has 90 valence electrons. The molecule has 0 atom stereocenters. The number of halogens is 1. The first kappa shape index (κ1) is 12.1. The smallest absolute Gasteiger partial charge is 0.295 e. The van der Waals surface area contributed by atoms with Gasteiger partial charge in [-0.15, -0.1) is 0 Å². The minimum atomic E-state index is -0.671. The third kappa shape index (κ3) is 2.50. The highest BCUT2D eigenvalue weighted by atomic mass is 35.5. The van der Waals surface area contributed by atoms with Gasteiger partial charge in [-0.05, 0) is 17.7 Å². The lowest BCUT2D eigenvalue weighted by atomic mass is 10.2. The van der Waals surface area contributed by atoms with Gasteiger partial charge >= 0.3 is 5.69 Å². The molecule has 6 heteroatoms. The van der Waals surface area contributed by atoms with Crippen LogP contribution >= 0.6 is 11.6 Å². The van der Waals surface area contributed by atoms with Gasteiger partial charge in [-0.3, -0.25) is 14.3 Å². The molecule has 2 aromatic rings. The number of nitriles is 1. The highest BCUT2D eigenvalue weighted by molar-refractivity contribution is 6.30. The van der Waals surface area contributed by atoms with E-state index in [1.54, 1.807) is 30.3 Å². The monoisotopic (exact) mass is 261 g/mol. The summed E-state index contributed by atoms with van der Waals surface area (Å²) < 4.78 is 1.27. The predicted octanol–water partition coefficient (Wildman–Crippen LogP) is 1.11. The number of hydrogen-bond donors (Lipinski definition) is 1. The average Bonchev–Trinajstić information content (AvgIpc) is 2.35. The minimum absolute atomic E-state index is 0.0939. The number of aromatic amines is 1. The van der Waals surface area contributed by atoms with Crippen molar-refractivity contribution in [1.82, 2.24) is 9.55 Å². The first-order chi connectivity index (χ1) is 8.60. The van der Waals surface area contributed by atoms with Crippen molar-refractivity contribution in [3.8, 4) is 6.07 Å². The zero-order valence-corrected chi connectivity index (χ0v) is 9.94. The van der Waals surface area contributed by atoms with Crippen LogP contribution in [0.3, 0.4) is 0 Å². The molecule has 1 aromatic carbocycles. The maximum atomic E-state index is 11.6. The lowest BCUT2D eigenvalue weighted by Crippen LogP contribution is -2.31. The second-order valence-electron chi connectivity index (χ2n) is 3.67. The molecule has 0 aliphatic heterocycles. The van der Waals surface area contributed by atoms with E-state index in [9.17, 15) is 9.59 Å². The minimum Gasteiger partial charge on any atom is -0.295 e. The van der Waals surface area contributed by atoms with E-state index in [-0.39, 0.29) is 12.1 Å². The third-order valence-electron chi connectivity index (χ3n) is 2.40. The van der Waals surface area contributed by atoms with Crippen molar-refractivity contribution in [3.05, 3.63) is 67.4 Å². The number of nitrogens with one attached hydrogen (secondary N) is 1. The second kappa shape index (κ2) is 4.90. The number of aromatic nitrogens is 2. The average molecular weight is 262 g/mol. The van der Waals surface area contributed by atoms with Crippen LogP contribution in [0.15, 0.2) is 40.1 Å². The van der Waals surface area contributed by atoms with Gasteiger partial charge in [0, 0.05) is 11.2 Å². The first-order valence-corrected chi connectivity index (χ1v) is 5.46. The molecule has 0 spiro atoms. The lowest BCUT2D eigenvalue weighted by Gasteiger charge is -2.05. The van der Waals surface area contributed by atoms with Crippen molar-refractivity contribution >= 4 is 11.6 Å². The number of rotatable bonds is 2. The molecule has 0 aliphatic rings. The van der Waals surface area contributed by atoms with E-state index < -0.39 is 11.2 Å². The van der Waals surface area contributed by atoms with Gasteiger partial charge < -0.3 is 0 Å². The van der Waals surface area contributed by atoms with E-state index in [4.69, 9.17) is 16.9 Å². The van der Waals surface area contributed by atoms with Crippen LogP contribution in [0, 0.1) is 11.3 Å². The zero-order valence-electron chi connectivity index (χ0n) is 9.18. The lowest BCUT2D eigenvalue weighted by molar-refractivity contribution is 0.717. The maximum absolute atomic E-state index is 11.6. The Morgan fingerprint density at radius 1 is 1.28 bits per heavy atom. The molecule has 2 rings (SSSR count). The van der Waals surface area contributed by atoms with Crippen LogP contribution in [0.2, 0.25) is 5.02 Å². The summed E-state index contributed by atoms with van der Waals surface area (Å²) in [6.45, 7) is 0.265. The molecule has 0 aliphatic carbocycles. The number of benzene rings is 1. The van der Waals surface area contributed by atoms with Crippen molar-refractivity contribution in [2.45, 2.75) is 6.54 Å². The number of hydrogen-bond acceptors (Lipinski definition) is 3. The van der Waals surface area contributed by atoms with E-state index >= 15 is 0 Å². The molecule has 0 saturated heterocycles. The molecule has 18 heavy (non-hydrogen) atoms. The molecule has 0 saturated carbocycles. The fourth-order valence-corrected chi connectivity index (χ4v) is 1.62. The summed E-state index contributed by atoms with van der Waals surface area (Å²) in [6.07, 6.45) is 1.25. The molecule has 1 N–H and O–H groups in total. The van der Waals surface area contributed by atoms with Gasteiger partial charge in [-0.2, -0.15) is 5.26 Å². The van der Waals surface area contributed by atoms with Crippen LogP contribution in [0.5, 0.6) is 0 Å². The molecular formula is C12H8ClN3O2. The van der Waals surface area contributed by atoms with Crippen LogP contribution in [-0.2, 0) is 6.54 Å². The van der Waals surface area contributed by atoms with E-state index in [0.29, 0.717) is 5.02 Å². The Kier molecular flexibility index (Phi) is 3.31. The second-order valence-corrected chi connectivity index (χ2v) is 4.10. The molecular weight excluding hydrogens is 254 g/mol. The predicted molar refractivity (Wildman–Crippen MR) is 66.6 cm³/mol. The van der Waals surface area contributed by atoms with Crippen LogP contribution < -0.4 is 11.2 Å². The third-order valence-corrected chi connectivity index (χ3v) is 2.65. The van der Waals surface area contributed by atoms with Crippen LogP contribution in [0.25, 0.3) is 0 Å². The van der Waals surface area contributed by atoms with Crippen LogP contribution in [0.4, 0.5) is 0 Å². The van der Waals surface area contributed by atoms with E-state index in [1.165, 1.54) is 10.8 Å². The van der Waals surface area contributed by atoms with Gasteiger partial charge in [-0.25, -0.2) is 4.79 Å². The Bertz CT molecular complexity index is 723. The summed E-state index contributed by atoms with van der Waals surface area (Å²) in [5.41, 5.74) is -0.468. The van der Waals surface area contributed by atoms with E-state index in [1.807, 2.05) is 0 Å². The van der Waals surface area contributed by atoms with Gasteiger partial charge in [0.1, 0.15) is 11.6 Å². The largest absolute Gasteiger partial charge is 0.328 e. The topological polar surface area (TPSA) is 78.7 Å². The van der Waals surface area contributed by atoms with Crippen molar-refractivity contribution in [3.63, 3.8) is 0 Å². The van der Waals surface area contributed by atoms with Crippen molar-refractivity contribution < 1.29 is 0 Å². The molecule has 1 aromatic heterocycles.